The van der Waals surface area contributed by atoms with Crippen molar-refractivity contribution in [2.24, 2.45) is 5.73 Å². The lowest BCUT2D eigenvalue weighted by atomic mass is 10.00. The maximum atomic E-state index is 11.2. The van der Waals surface area contributed by atoms with Crippen molar-refractivity contribution in [3.8, 4) is 6.07 Å². The second kappa shape index (κ2) is 4.83. The molecule has 0 saturated carbocycles. The second-order valence-electron chi connectivity index (χ2n) is 3.22. The summed E-state index contributed by atoms with van der Waals surface area (Å²) in [6.07, 6.45) is 0.599. The Morgan fingerprint density at radius 1 is 1.50 bits per heavy atom. The van der Waals surface area contributed by atoms with E-state index in [0.717, 1.165) is 5.56 Å². The van der Waals surface area contributed by atoms with Crippen LogP contribution in [-0.2, 0) is 22.0 Å². The van der Waals surface area contributed by atoms with Crippen molar-refractivity contribution in [3.63, 3.8) is 0 Å². The van der Waals surface area contributed by atoms with Gasteiger partial charge >= 0.3 is 0 Å². The molecule has 0 aromatic heterocycles. The molecule has 0 bridgehead atoms. The Morgan fingerprint density at radius 3 is 2.50 bits per heavy atom. The normalized spacial score (nSPS) is 11.1. The largest absolute Gasteiger partial charge is 0.326 e. The maximum absolute atomic E-state index is 11.2. The van der Waals surface area contributed by atoms with E-state index in [9.17, 15) is 8.42 Å². The van der Waals surface area contributed by atoms with Crippen molar-refractivity contribution in [1.29, 1.82) is 5.26 Å². The first-order valence-electron chi connectivity index (χ1n) is 4.64. The van der Waals surface area contributed by atoms with E-state index in [0.29, 0.717) is 12.0 Å². The Hall–Kier alpha value is -1.09. The molecular formula is C10H11ClN2O2S. The number of aryl methyl sites for hydroxylation is 1. The number of halogens is 1. The molecule has 0 radical (unpaired) electrons. The Morgan fingerprint density at radius 2 is 2.12 bits per heavy atom. The molecule has 0 fully saturated rings. The summed E-state index contributed by atoms with van der Waals surface area (Å²) >= 11 is 0. The van der Waals surface area contributed by atoms with Gasteiger partial charge in [-0.1, -0.05) is 6.92 Å². The number of nitriles is 1. The minimum absolute atomic E-state index is 0.0558. The molecule has 6 heteroatoms. The third-order valence-electron chi connectivity index (χ3n) is 2.30. The fourth-order valence-corrected chi connectivity index (χ4v) is 2.31. The number of hydrogen-bond donors (Lipinski definition) is 1. The highest BCUT2D eigenvalue weighted by Gasteiger charge is 2.15. The van der Waals surface area contributed by atoms with Crippen LogP contribution in [0, 0.1) is 11.3 Å². The van der Waals surface area contributed by atoms with Crippen LogP contribution in [0.15, 0.2) is 17.0 Å². The Bertz CT molecular complexity index is 547. The van der Waals surface area contributed by atoms with Crippen LogP contribution in [-0.4, -0.2) is 8.42 Å². The molecule has 1 aromatic carbocycles. The van der Waals surface area contributed by atoms with Gasteiger partial charge in [0.05, 0.1) is 16.5 Å². The zero-order chi connectivity index (χ0) is 12.3. The lowest BCUT2D eigenvalue weighted by Crippen LogP contribution is -2.06. The molecule has 0 aliphatic carbocycles. The van der Waals surface area contributed by atoms with Crippen molar-refractivity contribution in [1.82, 2.24) is 0 Å². The van der Waals surface area contributed by atoms with E-state index < -0.39 is 9.05 Å². The summed E-state index contributed by atoms with van der Waals surface area (Å²) in [5, 5.41) is 8.92. The third-order valence-corrected chi connectivity index (χ3v) is 3.64. The molecule has 1 rings (SSSR count). The number of nitrogens with two attached hydrogens (primary N) is 1. The van der Waals surface area contributed by atoms with E-state index in [-0.39, 0.29) is 17.0 Å². The highest BCUT2D eigenvalue weighted by Crippen LogP contribution is 2.23. The number of rotatable bonds is 3. The van der Waals surface area contributed by atoms with Gasteiger partial charge in [-0.15, -0.1) is 0 Å². The zero-order valence-electron chi connectivity index (χ0n) is 8.70. The predicted molar refractivity (Wildman–Crippen MR) is 61.5 cm³/mol. The molecule has 1 aromatic rings. The fourth-order valence-electron chi connectivity index (χ4n) is 1.50. The van der Waals surface area contributed by atoms with Gasteiger partial charge < -0.3 is 5.73 Å². The fraction of sp³-hybridized carbons (Fsp3) is 0.300. The molecule has 86 valence electrons. The quantitative estimate of drug-likeness (QED) is 0.833. The molecule has 0 aliphatic heterocycles. The van der Waals surface area contributed by atoms with Crippen LogP contribution in [0.1, 0.15) is 23.6 Å². The van der Waals surface area contributed by atoms with Gasteiger partial charge in [0.15, 0.2) is 0 Å². The van der Waals surface area contributed by atoms with Crippen LogP contribution in [0.3, 0.4) is 0 Å². The van der Waals surface area contributed by atoms with Gasteiger partial charge in [-0.25, -0.2) is 8.42 Å². The van der Waals surface area contributed by atoms with E-state index in [1.54, 1.807) is 0 Å². The molecule has 0 unspecified atom stereocenters. The van der Waals surface area contributed by atoms with Crippen molar-refractivity contribution < 1.29 is 8.42 Å². The summed E-state index contributed by atoms with van der Waals surface area (Å²) < 4.78 is 22.4. The van der Waals surface area contributed by atoms with E-state index in [1.807, 2.05) is 13.0 Å². The standard InChI is InChI=1S/C10H11ClN2O2S/c1-2-7-3-9(16(11,14)15)4-8(5-12)10(7)6-13/h3-4H,2,6,13H2,1H3. The van der Waals surface area contributed by atoms with E-state index in [2.05, 4.69) is 0 Å². The van der Waals surface area contributed by atoms with Crippen LogP contribution >= 0.6 is 10.7 Å². The first-order chi connectivity index (χ1) is 7.43. The molecule has 0 spiro atoms. The summed E-state index contributed by atoms with van der Waals surface area (Å²) in [6.45, 7) is 2.06. The second-order valence-corrected chi connectivity index (χ2v) is 5.78. The van der Waals surface area contributed by atoms with Gasteiger partial charge in [0.25, 0.3) is 9.05 Å². The van der Waals surface area contributed by atoms with Crippen LogP contribution in [0.25, 0.3) is 0 Å². The summed E-state index contributed by atoms with van der Waals surface area (Å²) in [5.74, 6) is 0. The average Bonchev–Trinajstić information content (AvgIpc) is 2.25. The highest BCUT2D eigenvalue weighted by atomic mass is 35.7. The van der Waals surface area contributed by atoms with Gasteiger partial charge in [-0.05, 0) is 29.7 Å². The first-order valence-corrected chi connectivity index (χ1v) is 6.95. The summed E-state index contributed by atoms with van der Waals surface area (Å²) in [7, 11) is 1.43. The monoisotopic (exact) mass is 258 g/mol. The van der Waals surface area contributed by atoms with E-state index >= 15 is 0 Å². The molecule has 0 saturated heterocycles. The SMILES string of the molecule is CCc1cc(S(=O)(=O)Cl)cc(C#N)c1CN. The zero-order valence-corrected chi connectivity index (χ0v) is 10.3. The molecule has 2 N–H and O–H groups in total. The summed E-state index contributed by atoms with van der Waals surface area (Å²) in [5.41, 5.74) is 7.20. The molecular weight excluding hydrogens is 248 g/mol. The smallest absolute Gasteiger partial charge is 0.261 e. The first kappa shape index (κ1) is 13.0. The molecule has 0 heterocycles. The molecule has 0 aliphatic rings. The van der Waals surface area contributed by atoms with Gasteiger partial charge in [0, 0.05) is 17.2 Å². The van der Waals surface area contributed by atoms with Gasteiger partial charge in [0.1, 0.15) is 0 Å². The lowest BCUT2D eigenvalue weighted by Gasteiger charge is -2.09. The van der Waals surface area contributed by atoms with E-state index in [4.69, 9.17) is 21.7 Å². The van der Waals surface area contributed by atoms with Crippen LogP contribution in [0.4, 0.5) is 0 Å². The predicted octanol–water partition coefficient (Wildman–Crippen LogP) is 1.51. The Balaban J connectivity index is 3.58. The van der Waals surface area contributed by atoms with Crippen molar-refractivity contribution in [3.05, 3.63) is 28.8 Å². The molecule has 0 atom stereocenters. The van der Waals surface area contributed by atoms with Crippen molar-refractivity contribution in [2.75, 3.05) is 0 Å². The minimum Gasteiger partial charge on any atom is -0.326 e. The maximum Gasteiger partial charge on any atom is 0.261 e. The summed E-state index contributed by atoms with van der Waals surface area (Å²) in [6, 6.07) is 4.65. The summed E-state index contributed by atoms with van der Waals surface area (Å²) in [4.78, 5) is -0.0558. The highest BCUT2D eigenvalue weighted by molar-refractivity contribution is 8.13. The number of nitrogens with zero attached hydrogens (tertiary/aromatic N) is 1. The molecule has 16 heavy (non-hydrogen) atoms. The topological polar surface area (TPSA) is 84.0 Å². The van der Waals surface area contributed by atoms with Crippen LogP contribution in [0.2, 0.25) is 0 Å². The van der Waals surface area contributed by atoms with Crippen LogP contribution in [0.5, 0.6) is 0 Å². The van der Waals surface area contributed by atoms with Gasteiger partial charge in [-0.2, -0.15) is 5.26 Å². The van der Waals surface area contributed by atoms with E-state index in [1.165, 1.54) is 12.1 Å². The molecule has 4 nitrogen and oxygen atoms in total. The lowest BCUT2D eigenvalue weighted by molar-refractivity contribution is 0.609. The van der Waals surface area contributed by atoms with Crippen molar-refractivity contribution >= 4 is 19.7 Å². The number of hydrogen-bond acceptors (Lipinski definition) is 4. The number of benzene rings is 1. The Kier molecular flexibility index (Phi) is 3.92. The van der Waals surface area contributed by atoms with Crippen molar-refractivity contribution in [2.45, 2.75) is 24.8 Å². The average molecular weight is 259 g/mol. The third kappa shape index (κ3) is 2.53. The van der Waals surface area contributed by atoms with Gasteiger partial charge in [-0.3, -0.25) is 0 Å². The molecule has 0 amide bonds. The van der Waals surface area contributed by atoms with Crippen LogP contribution < -0.4 is 5.73 Å². The van der Waals surface area contributed by atoms with Gasteiger partial charge in [0.2, 0.25) is 0 Å². The minimum atomic E-state index is -3.81. The Labute approximate surface area is 99.1 Å².